The fraction of sp³-hybridized carbons (Fsp3) is 0.419. The minimum absolute atomic E-state index is 0.0405. The van der Waals surface area contributed by atoms with E-state index in [2.05, 4.69) is 4.57 Å². The molecule has 2 aliphatic carbocycles. The third-order valence-electron chi connectivity index (χ3n) is 9.07. The van der Waals surface area contributed by atoms with Crippen molar-refractivity contribution in [2.75, 3.05) is 6.61 Å². The van der Waals surface area contributed by atoms with Crippen molar-refractivity contribution >= 4 is 17.2 Å². The zero-order chi connectivity index (χ0) is 28.1. The summed E-state index contributed by atoms with van der Waals surface area (Å²) >= 11 is 0. The van der Waals surface area contributed by atoms with Crippen molar-refractivity contribution in [2.45, 2.75) is 69.6 Å². The normalized spacial score (nSPS) is 25.1. The minimum atomic E-state index is -1.10. The van der Waals surface area contributed by atoms with Gasteiger partial charge < -0.3 is 23.6 Å². The number of furan rings is 1. The lowest BCUT2D eigenvalue weighted by Crippen LogP contribution is -2.31. The number of carbonyl (C=O) groups is 1. The summed E-state index contributed by atoms with van der Waals surface area (Å²) in [7, 11) is 0. The predicted molar refractivity (Wildman–Crippen MR) is 144 cm³/mol. The number of ether oxygens (including phenoxy) is 2. The van der Waals surface area contributed by atoms with E-state index in [0.29, 0.717) is 35.5 Å². The molecule has 0 bridgehead atoms. The van der Waals surface area contributed by atoms with Crippen LogP contribution in [0.2, 0.25) is 0 Å². The molecule has 3 aliphatic rings. The van der Waals surface area contributed by atoms with Crippen molar-refractivity contribution in [1.82, 2.24) is 14.5 Å². The number of nitriles is 1. The Balaban J connectivity index is 1.02. The molecule has 10 heteroatoms. The van der Waals surface area contributed by atoms with Gasteiger partial charge in [0.15, 0.2) is 0 Å². The second kappa shape index (κ2) is 10.00. The first-order valence-corrected chi connectivity index (χ1v) is 14.1. The fourth-order valence-electron chi connectivity index (χ4n) is 6.51. The van der Waals surface area contributed by atoms with Gasteiger partial charge >= 0.3 is 5.97 Å². The van der Waals surface area contributed by atoms with Gasteiger partial charge in [-0.1, -0.05) is 12.1 Å². The Morgan fingerprint density at radius 2 is 2.02 bits per heavy atom. The average Bonchev–Trinajstić information content (AvgIpc) is 3.30. The molecule has 1 aliphatic heterocycles. The number of aromatic nitrogens is 3. The highest BCUT2D eigenvalue weighted by Gasteiger charge is 2.58. The zero-order valence-corrected chi connectivity index (χ0v) is 22.4. The molecule has 0 radical (unpaired) electrons. The van der Waals surface area contributed by atoms with Gasteiger partial charge in [-0.2, -0.15) is 10.2 Å². The van der Waals surface area contributed by atoms with E-state index in [1.165, 1.54) is 6.07 Å². The van der Waals surface area contributed by atoms with Gasteiger partial charge in [-0.05, 0) is 62.1 Å². The largest absolute Gasteiger partial charge is 0.475 e. The van der Waals surface area contributed by atoms with Crippen LogP contribution >= 0.6 is 0 Å². The number of nitrogens with zero attached hydrogens (tertiary/aromatic N) is 4. The van der Waals surface area contributed by atoms with E-state index in [1.54, 1.807) is 24.3 Å². The maximum atomic E-state index is 14.3. The van der Waals surface area contributed by atoms with Crippen LogP contribution in [0.1, 0.15) is 83.6 Å². The number of hydrogen-bond acceptors (Lipinski definition) is 7. The molecule has 1 aromatic carbocycles. The van der Waals surface area contributed by atoms with Crippen LogP contribution < -0.4 is 4.74 Å². The number of pyridine rings is 1. The topological polar surface area (TPSA) is 123 Å². The van der Waals surface area contributed by atoms with E-state index in [-0.39, 0.29) is 29.4 Å². The Labute approximate surface area is 235 Å². The van der Waals surface area contributed by atoms with Crippen LogP contribution in [0.25, 0.3) is 11.2 Å². The van der Waals surface area contributed by atoms with Gasteiger partial charge in [-0.3, -0.25) is 0 Å². The molecule has 2 saturated carbocycles. The third-order valence-corrected chi connectivity index (χ3v) is 9.07. The number of rotatable bonds is 8. The molecule has 3 aromatic heterocycles. The second-order valence-corrected chi connectivity index (χ2v) is 11.5. The Morgan fingerprint density at radius 1 is 1.20 bits per heavy atom. The first-order chi connectivity index (χ1) is 19.9. The molecule has 41 heavy (non-hydrogen) atoms. The van der Waals surface area contributed by atoms with E-state index in [1.807, 2.05) is 18.2 Å². The maximum Gasteiger partial charge on any atom is 0.371 e. The van der Waals surface area contributed by atoms with Gasteiger partial charge in [0.25, 0.3) is 0 Å². The van der Waals surface area contributed by atoms with E-state index in [0.717, 1.165) is 62.2 Å². The number of halogens is 1. The molecule has 4 aromatic rings. The van der Waals surface area contributed by atoms with Crippen molar-refractivity contribution in [1.29, 1.82) is 5.26 Å². The molecular formula is C31H29FN4O5. The molecule has 3 fully saturated rings. The minimum Gasteiger partial charge on any atom is -0.475 e. The number of fused-ring (bicyclic) bond motifs is 1. The molecule has 0 amide bonds. The maximum absolute atomic E-state index is 14.3. The summed E-state index contributed by atoms with van der Waals surface area (Å²) in [5.41, 5.74) is 2.94. The Bertz CT molecular complexity index is 1680. The van der Waals surface area contributed by atoms with Crippen LogP contribution in [0, 0.1) is 22.6 Å². The standard InChI is InChI=1S/C31H29FN4O5/c32-23-12-18(15-33)4-5-20(23)17-40-27-3-1-2-24(34-27)19-6-9-31(10-7-19)14-22(31)28-35-29-25(13-26(41-29)30(37)38)36(28)16-21-8-11-39-21/h1-5,12-13,19,21-22H,6-11,14,16-17H2,(H,37,38)/t19?,21-,22?,31?/m0/s1. The van der Waals surface area contributed by atoms with Crippen molar-refractivity contribution in [3.8, 4) is 11.9 Å². The monoisotopic (exact) mass is 556 g/mol. The molecule has 4 heterocycles. The average molecular weight is 557 g/mol. The summed E-state index contributed by atoms with van der Waals surface area (Å²) in [5, 5.41) is 18.3. The van der Waals surface area contributed by atoms with Crippen LogP contribution in [0.5, 0.6) is 5.88 Å². The fourth-order valence-corrected chi connectivity index (χ4v) is 6.51. The zero-order valence-electron chi connectivity index (χ0n) is 22.4. The Hall–Kier alpha value is -4.23. The lowest BCUT2D eigenvalue weighted by atomic mass is 9.77. The molecule has 1 N–H and O–H groups in total. The predicted octanol–water partition coefficient (Wildman–Crippen LogP) is 5.93. The summed E-state index contributed by atoms with van der Waals surface area (Å²) in [4.78, 5) is 21.0. The number of carboxylic acid groups (broad SMARTS) is 1. The molecule has 2 atom stereocenters. The van der Waals surface area contributed by atoms with Crippen LogP contribution in [-0.2, 0) is 17.9 Å². The Kier molecular flexibility index (Phi) is 6.27. The van der Waals surface area contributed by atoms with Crippen molar-refractivity contribution in [3.05, 3.63) is 76.7 Å². The highest BCUT2D eigenvalue weighted by Crippen LogP contribution is 2.67. The number of carboxylic acids is 1. The first kappa shape index (κ1) is 25.7. The van der Waals surface area contributed by atoms with Gasteiger partial charge in [0, 0.05) is 41.8 Å². The van der Waals surface area contributed by atoms with Crippen LogP contribution in [0.15, 0.2) is 46.9 Å². The number of imidazole rings is 1. The summed E-state index contributed by atoms with van der Waals surface area (Å²) in [6, 6.07) is 13.6. The molecular weight excluding hydrogens is 527 g/mol. The summed E-state index contributed by atoms with van der Waals surface area (Å²) in [6.45, 7) is 1.45. The highest BCUT2D eigenvalue weighted by atomic mass is 19.1. The van der Waals surface area contributed by atoms with Gasteiger partial charge in [0.1, 0.15) is 23.8 Å². The molecule has 7 rings (SSSR count). The summed E-state index contributed by atoms with van der Waals surface area (Å²) < 4.78 is 33.4. The summed E-state index contributed by atoms with van der Waals surface area (Å²) in [6.07, 6.45) is 6.28. The molecule has 1 saturated heterocycles. The molecule has 9 nitrogen and oxygen atoms in total. The van der Waals surface area contributed by atoms with E-state index in [9.17, 15) is 14.3 Å². The highest BCUT2D eigenvalue weighted by molar-refractivity contribution is 5.89. The van der Waals surface area contributed by atoms with E-state index in [4.69, 9.17) is 29.1 Å². The van der Waals surface area contributed by atoms with Crippen LogP contribution in [0.4, 0.5) is 4.39 Å². The number of benzene rings is 1. The number of hydrogen-bond donors (Lipinski definition) is 1. The number of aromatic carboxylic acids is 1. The van der Waals surface area contributed by atoms with Gasteiger partial charge in [-0.25, -0.2) is 14.2 Å². The second-order valence-electron chi connectivity index (χ2n) is 11.5. The Morgan fingerprint density at radius 3 is 2.73 bits per heavy atom. The van der Waals surface area contributed by atoms with Crippen molar-refractivity contribution < 1.29 is 28.2 Å². The van der Waals surface area contributed by atoms with E-state index < -0.39 is 11.8 Å². The van der Waals surface area contributed by atoms with Gasteiger partial charge in [0.05, 0.1) is 24.3 Å². The van der Waals surface area contributed by atoms with Crippen LogP contribution in [0.3, 0.4) is 0 Å². The molecule has 1 unspecified atom stereocenters. The van der Waals surface area contributed by atoms with Crippen molar-refractivity contribution in [2.24, 2.45) is 5.41 Å². The lowest BCUT2D eigenvalue weighted by molar-refractivity contribution is -0.0590. The quantitative estimate of drug-likeness (QED) is 0.283. The molecule has 1 spiro atoms. The smallest absolute Gasteiger partial charge is 0.371 e. The van der Waals surface area contributed by atoms with Crippen LogP contribution in [-0.4, -0.2) is 38.3 Å². The van der Waals surface area contributed by atoms with E-state index >= 15 is 0 Å². The first-order valence-electron chi connectivity index (χ1n) is 14.1. The third kappa shape index (κ3) is 4.74. The van der Waals surface area contributed by atoms with Gasteiger partial charge in [0.2, 0.25) is 17.4 Å². The summed E-state index contributed by atoms with van der Waals surface area (Å²) in [5.74, 6) is 0.407. The molecule has 210 valence electrons. The van der Waals surface area contributed by atoms with Crippen molar-refractivity contribution in [3.63, 3.8) is 0 Å². The lowest BCUT2D eigenvalue weighted by Gasteiger charge is -2.30. The SMILES string of the molecule is N#Cc1ccc(COc2cccc(C3CCC4(CC3)CC4c3nc4oc(C(=O)O)cc4n3C[C@@H]3CCO3)n2)c(F)c1. The van der Waals surface area contributed by atoms with Gasteiger partial charge in [-0.15, -0.1) is 0 Å².